The van der Waals surface area contributed by atoms with Crippen LogP contribution in [0.5, 0.6) is 0 Å². The SMILES string of the molecule is CNc1nc(C2CC2)nc(Sc2nc(C)co2)c1C. The monoisotopic (exact) mass is 276 g/mol. The molecule has 0 aromatic carbocycles. The molecule has 1 aliphatic carbocycles. The lowest BCUT2D eigenvalue weighted by Gasteiger charge is -2.10. The van der Waals surface area contributed by atoms with Crippen LogP contribution in [0, 0.1) is 13.8 Å². The van der Waals surface area contributed by atoms with E-state index in [2.05, 4.69) is 20.3 Å². The molecule has 0 spiro atoms. The van der Waals surface area contributed by atoms with Gasteiger partial charge in [0.05, 0.1) is 5.69 Å². The van der Waals surface area contributed by atoms with Crippen LogP contribution in [0.3, 0.4) is 0 Å². The van der Waals surface area contributed by atoms with Crippen molar-refractivity contribution < 1.29 is 4.42 Å². The van der Waals surface area contributed by atoms with Gasteiger partial charge in [0.2, 0.25) is 0 Å². The lowest BCUT2D eigenvalue weighted by Crippen LogP contribution is -2.04. The quantitative estimate of drug-likeness (QED) is 0.865. The third-order valence-electron chi connectivity index (χ3n) is 3.08. The Hall–Kier alpha value is -1.56. The van der Waals surface area contributed by atoms with Gasteiger partial charge in [-0.3, -0.25) is 0 Å². The van der Waals surface area contributed by atoms with E-state index >= 15 is 0 Å². The zero-order chi connectivity index (χ0) is 13.4. The summed E-state index contributed by atoms with van der Waals surface area (Å²) in [6.07, 6.45) is 4.03. The van der Waals surface area contributed by atoms with E-state index in [1.54, 1.807) is 6.26 Å². The molecule has 2 aromatic rings. The Morgan fingerprint density at radius 1 is 1.26 bits per heavy atom. The number of oxazole rings is 1. The zero-order valence-electron chi connectivity index (χ0n) is 11.2. The van der Waals surface area contributed by atoms with E-state index in [1.807, 2.05) is 20.9 Å². The second kappa shape index (κ2) is 4.85. The molecule has 1 N–H and O–H groups in total. The Morgan fingerprint density at radius 2 is 2.05 bits per heavy atom. The van der Waals surface area contributed by atoms with Crippen molar-refractivity contribution in [1.82, 2.24) is 15.0 Å². The number of aromatic nitrogens is 3. The van der Waals surface area contributed by atoms with Crippen LogP contribution in [0.15, 0.2) is 20.9 Å². The molecule has 2 heterocycles. The van der Waals surface area contributed by atoms with Crippen LogP contribution in [-0.4, -0.2) is 22.0 Å². The van der Waals surface area contributed by atoms with Crippen molar-refractivity contribution in [3.8, 4) is 0 Å². The van der Waals surface area contributed by atoms with Crippen LogP contribution in [0.25, 0.3) is 0 Å². The predicted octanol–water partition coefficient (Wildman–Crippen LogP) is 3.15. The fourth-order valence-electron chi connectivity index (χ4n) is 1.84. The first-order valence-electron chi connectivity index (χ1n) is 6.33. The predicted molar refractivity (Wildman–Crippen MR) is 73.7 cm³/mol. The van der Waals surface area contributed by atoms with Crippen molar-refractivity contribution in [3.63, 3.8) is 0 Å². The second-order valence-electron chi connectivity index (χ2n) is 4.74. The average molecular weight is 276 g/mol. The number of hydrogen-bond acceptors (Lipinski definition) is 6. The zero-order valence-corrected chi connectivity index (χ0v) is 12.0. The molecule has 0 unspecified atom stereocenters. The number of nitrogens with zero attached hydrogens (tertiary/aromatic N) is 3. The van der Waals surface area contributed by atoms with E-state index in [-0.39, 0.29) is 0 Å². The van der Waals surface area contributed by atoms with Gasteiger partial charge in [-0.05, 0) is 38.5 Å². The standard InChI is InChI=1S/C13H16N4OS/c1-7-6-18-13(15-7)19-12-8(2)10(14-3)16-11(17-12)9-4-5-9/h6,9H,4-5H2,1-3H3,(H,14,16,17). The largest absolute Gasteiger partial charge is 0.439 e. The Bertz CT molecular complexity index is 607. The lowest BCUT2D eigenvalue weighted by molar-refractivity contribution is 0.453. The van der Waals surface area contributed by atoms with Gasteiger partial charge in [0.25, 0.3) is 5.22 Å². The highest BCUT2D eigenvalue weighted by atomic mass is 32.2. The minimum absolute atomic E-state index is 0.526. The first-order chi connectivity index (χ1) is 9.17. The Labute approximate surface area is 116 Å². The summed E-state index contributed by atoms with van der Waals surface area (Å²) in [7, 11) is 1.88. The van der Waals surface area contributed by atoms with Crippen LogP contribution in [0.4, 0.5) is 5.82 Å². The van der Waals surface area contributed by atoms with Crippen LogP contribution in [0.2, 0.25) is 0 Å². The third-order valence-corrected chi connectivity index (χ3v) is 4.03. The van der Waals surface area contributed by atoms with E-state index in [9.17, 15) is 0 Å². The minimum atomic E-state index is 0.526. The van der Waals surface area contributed by atoms with Crippen molar-refractivity contribution in [1.29, 1.82) is 0 Å². The molecule has 0 bridgehead atoms. The summed E-state index contributed by atoms with van der Waals surface area (Å²) in [5.41, 5.74) is 1.92. The van der Waals surface area contributed by atoms with Crippen LogP contribution >= 0.6 is 11.8 Å². The molecule has 1 saturated carbocycles. The van der Waals surface area contributed by atoms with Crippen molar-refractivity contribution in [2.75, 3.05) is 12.4 Å². The molecule has 0 radical (unpaired) electrons. The summed E-state index contributed by atoms with van der Waals surface area (Å²) in [6.45, 7) is 3.93. The molecule has 0 saturated heterocycles. The highest BCUT2D eigenvalue weighted by Gasteiger charge is 2.28. The maximum Gasteiger partial charge on any atom is 0.262 e. The van der Waals surface area contributed by atoms with Gasteiger partial charge in [0.15, 0.2) is 0 Å². The number of nitrogens with one attached hydrogen (secondary N) is 1. The molecule has 100 valence electrons. The first-order valence-corrected chi connectivity index (χ1v) is 7.15. The van der Waals surface area contributed by atoms with Gasteiger partial charge < -0.3 is 9.73 Å². The number of anilines is 1. The van der Waals surface area contributed by atoms with Gasteiger partial charge in [0, 0.05) is 18.5 Å². The van der Waals surface area contributed by atoms with E-state index in [1.165, 1.54) is 24.6 Å². The molecular formula is C13H16N4OS. The molecule has 5 nitrogen and oxygen atoms in total. The summed E-state index contributed by atoms with van der Waals surface area (Å²) < 4.78 is 5.38. The van der Waals surface area contributed by atoms with Crippen molar-refractivity contribution in [3.05, 3.63) is 23.3 Å². The molecular weight excluding hydrogens is 260 g/mol. The Kier molecular flexibility index (Phi) is 3.18. The number of aryl methyl sites for hydroxylation is 1. The van der Waals surface area contributed by atoms with Crippen LogP contribution in [-0.2, 0) is 0 Å². The van der Waals surface area contributed by atoms with Gasteiger partial charge in [-0.2, -0.15) is 0 Å². The highest BCUT2D eigenvalue weighted by Crippen LogP contribution is 2.40. The molecule has 0 aliphatic heterocycles. The van der Waals surface area contributed by atoms with Gasteiger partial charge in [-0.15, -0.1) is 0 Å². The lowest BCUT2D eigenvalue weighted by atomic mass is 10.3. The number of rotatable bonds is 4. The summed E-state index contributed by atoms with van der Waals surface area (Å²) in [4.78, 5) is 13.5. The Balaban J connectivity index is 1.96. The summed E-state index contributed by atoms with van der Waals surface area (Å²) in [6, 6.07) is 0. The van der Waals surface area contributed by atoms with E-state index < -0.39 is 0 Å². The van der Waals surface area contributed by atoms with E-state index in [0.29, 0.717) is 11.1 Å². The summed E-state index contributed by atoms with van der Waals surface area (Å²) >= 11 is 1.46. The number of hydrogen-bond donors (Lipinski definition) is 1. The topological polar surface area (TPSA) is 63.8 Å². The highest BCUT2D eigenvalue weighted by molar-refractivity contribution is 7.99. The molecule has 3 rings (SSSR count). The minimum Gasteiger partial charge on any atom is -0.439 e. The van der Waals surface area contributed by atoms with E-state index in [4.69, 9.17) is 4.42 Å². The van der Waals surface area contributed by atoms with Crippen LogP contribution < -0.4 is 5.32 Å². The Morgan fingerprint density at radius 3 is 2.63 bits per heavy atom. The van der Waals surface area contributed by atoms with Gasteiger partial charge >= 0.3 is 0 Å². The summed E-state index contributed by atoms with van der Waals surface area (Å²) in [5.74, 6) is 2.35. The molecule has 0 atom stereocenters. The fraction of sp³-hybridized carbons (Fsp3) is 0.462. The van der Waals surface area contributed by atoms with Crippen molar-refractivity contribution in [2.45, 2.75) is 42.9 Å². The first kappa shape index (κ1) is 12.5. The summed E-state index contributed by atoms with van der Waals surface area (Å²) in [5, 5.41) is 4.68. The average Bonchev–Trinajstić information content (AvgIpc) is 3.16. The molecule has 6 heteroatoms. The smallest absolute Gasteiger partial charge is 0.262 e. The molecule has 2 aromatic heterocycles. The van der Waals surface area contributed by atoms with Gasteiger partial charge in [-0.1, -0.05) is 0 Å². The third kappa shape index (κ3) is 2.58. The molecule has 0 amide bonds. The molecule has 19 heavy (non-hydrogen) atoms. The van der Waals surface area contributed by atoms with Crippen LogP contribution in [0.1, 0.15) is 35.8 Å². The fourth-order valence-corrected chi connectivity index (χ4v) is 2.68. The van der Waals surface area contributed by atoms with Crippen molar-refractivity contribution >= 4 is 17.6 Å². The van der Waals surface area contributed by atoms with Gasteiger partial charge in [-0.25, -0.2) is 15.0 Å². The maximum absolute atomic E-state index is 5.38. The maximum atomic E-state index is 5.38. The molecule has 1 fully saturated rings. The molecule has 1 aliphatic rings. The second-order valence-corrected chi connectivity index (χ2v) is 5.68. The normalized spacial score (nSPS) is 14.7. The van der Waals surface area contributed by atoms with E-state index in [0.717, 1.165) is 27.9 Å². The van der Waals surface area contributed by atoms with Crippen molar-refractivity contribution in [2.24, 2.45) is 0 Å². The van der Waals surface area contributed by atoms with Gasteiger partial charge in [0.1, 0.15) is 22.9 Å².